The van der Waals surface area contributed by atoms with Crippen molar-refractivity contribution in [2.45, 2.75) is 19.6 Å². The van der Waals surface area contributed by atoms with Crippen LogP contribution in [0.3, 0.4) is 0 Å². The smallest absolute Gasteiger partial charge is 0.338 e. The molecular weight excluding hydrogens is 342 g/mol. The van der Waals surface area contributed by atoms with Crippen molar-refractivity contribution in [1.29, 1.82) is 0 Å². The minimum absolute atomic E-state index is 0.0712. The maximum Gasteiger partial charge on any atom is 0.338 e. The number of allylic oxidation sites excluding steroid dienone is 1. The lowest BCUT2D eigenvalue weighted by atomic mass is 9.95. The van der Waals surface area contributed by atoms with Crippen LogP contribution in [0.1, 0.15) is 24.3 Å². The maximum atomic E-state index is 12.6. The summed E-state index contributed by atoms with van der Waals surface area (Å²) in [6.07, 6.45) is 1.46. The van der Waals surface area contributed by atoms with E-state index in [1.165, 1.54) is 24.5 Å². The van der Waals surface area contributed by atoms with Crippen LogP contribution >= 0.6 is 0 Å². The highest BCUT2D eigenvalue weighted by atomic mass is 16.6. The van der Waals surface area contributed by atoms with Crippen molar-refractivity contribution in [3.63, 3.8) is 0 Å². The van der Waals surface area contributed by atoms with Crippen molar-refractivity contribution in [1.82, 2.24) is 10.6 Å². The van der Waals surface area contributed by atoms with Crippen LogP contribution in [0.25, 0.3) is 0 Å². The van der Waals surface area contributed by atoms with E-state index < -0.39 is 23.0 Å². The summed E-state index contributed by atoms with van der Waals surface area (Å²) in [5, 5.41) is 16.1. The average molecular weight is 357 g/mol. The van der Waals surface area contributed by atoms with Gasteiger partial charge in [0.25, 0.3) is 5.69 Å². The number of nitrogens with one attached hydrogen (secondary N) is 2. The predicted octanol–water partition coefficient (Wildman–Crippen LogP) is 2.56. The zero-order chi connectivity index (χ0) is 18.7. The van der Waals surface area contributed by atoms with Gasteiger partial charge in [-0.15, -0.1) is 0 Å². The summed E-state index contributed by atoms with van der Waals surface area (Å²) in [4.78, 5) is 34.9. The van der Waals surface area contributed by atoms with Crippen LogP contribution in [-0.2, 0) is 16.1 Å². The number of amides is 2. The molecule has 9 nitrogen and oxygen atoms in total. The molecule has 1 aromatic carbocycles. The number of non-ortho nitro benzene ring substituents is 1. The second-order valence-electron chi connectivity index (χ2n) is 5.58. The Bertz CT molecular complexity index is 888. The molecule has 0 unspecified atom stereocenters. The minimum Gasteiger partial charge on any atom is -0.466 e. The molecule has 0 fully saturated rings. The first-order valence-corrected chi connectivity index (χ1v) is 7.68. The Morgan fingerprint density at radius 3 is 2.85 bits per heavy atom. The van der Waals surface area contributed by atoms with Crippen LogP contribution in [-0.4, -0.2) is 16.9 Å². The molecule has 2 aromatic rings. The van der Waals surface area contributed by atoms with Gasteiger partial charge in [-0.2, -0.15) is 0 Å². The lowest BCUT2D eigenvalue weighted by molar-refractivity contribution is -0.384. The molecular formula is C17H15N3O6. The number of nitro benzene ring substituents is 1. The Labute approximate surface area is 147 Å². The molecule has 2 N–H and O–H groups in total. The van der Waals surface area contributed by atoms with Gasteiger partial charge >= 0.3 is 12.0 Å². The van der Waals surface area contributed by atoms with Gasteiger partial charge in [-0.25, -0.2) is 9.59 Å². The first kappa shape index (κ1) is 17.2. The van der Waals surface area contributed by atoms with E-state index in [1.54, 1.807) is 25.1 Å². The van der Waals surface area contributed by atoms with Gasteiger partial charge in [0.1, 0.15) is 12.4 Å². The highest BCUT2D eigenvalue weighted by Crippen LogP contribution is 2.29. The SMILES string of the molecule is CC1=C(C(=O)OCc2ccco2)[C@@H](c2cccc([N+](=O)[O-])c2)NC(=O)N1. The van der Waals surface area contributed by atoms with Crippen molar-refractivity contribution in [2.24, 2.45) is 0 Å². The predicted molar refractivity (Wildman–Crippen MR) is 88.7 cm³/mol. The van der Waals surface area contributed by atoms with Gasteiger partial charge in [-0.3, -0.25) is 10.1 Å². The summed E-state index contributed by atoms with van der Waals surface area (Å²) in [6.45, 7) is 1.49. The van der Waals surface area contributed by atoms with Crippen LogP contribution in [0, 0.1) is 10.1 Å². The quantitative estimate of drug-likeness (QED) is 0.481. The van der Waals surface area contributed by atoms with E-state index in [4.69, 9.17) is 9.15 Å². The highest BCUT2D eigenvalue weighted by Gasteiger charge is 2.33. The third-order valence-corrected chi connectivity index (χ3v) is 3.83. The molecule has 3 rings (SSSR count). The van der Waals surface area contributed by atoms with Crippen LogP contribution in [0.2, 0.25) is 0 Å². The topological polar surface area (TPSA) is 124 Å². The summed E-state index contributed by atoms with van der Waals surface area (Å²) in [5.41, 5.74) is 0.737. The molecule has 134 valence electrons. The van der Waals surface area contributed by atoms with Crippen LogP contribution in [0.5, 0.6) is 0 Å². The Hall–Kier alpha value is -3.62. The van der Waals surface area contributed by atoms with E-state index >= 15 is 0 Å². The van der Waals surface area contributed by atoms with Gasteiger partial charge in [0.2, 0.25) is 0 Å². The molecule has 26 heavy (non-hydrogen) atoms. The number of rotatable bonds is 5. The fourth-order valence-electron chi connectivity index (χ4n) is 2.64. The van der Waals surface area contributed by atoms with E-state index in [1.807, 2.05) is 0 Å². The second kappa shape index (κ2) is 7.09. The maximum absolute atomic E-state index is 12.6. The Morgan fingerprint density at radius 2 is 2.15 bits per heavy atom. The van der Waals surface area contributed by atoms with Crippen LogP contribution < -0.4 is 10.6 Å². The number of benzene rings is 1. The molecule has 0 radical (unpaired) electrons. The fraction of sp³-hybridized carbons (Fsp3) is 0.176. The summed E-state index contributed by atoms with van der Waals surface area (Å²) in [7, 11) is 0. The summed E-state index contributed by atoms with van der Waals surface area (Å²) >= 11 is 0. The number of nitro groups is 1. The number of hydrogen-bond donors (Lipinski definition) is 2. The summed E-state index contributed by atoms with van der Waals surface area (Å²) in [5.74, 6) is -0.195. The fourth-order valence-corrected chi connectivity index (χ4v) is 2.64. The molecule has 2 amide bonds. The normalized spacial score (nSPS) is 16.7. The third kappa shape index (κ3) is 3.56. The highest BCUT2D eigenvalue weighted by molar-refractivity contribution is 5.95. The number of furan rings is 1. The summed E-state index contributed by atoms with van der Waals surface area (Å²) in [6, 6.07) is 7.67. The number of hydrogen-bond acceptors (Lipinski definition) is 6. The molecule has 1 aliphatic rings. The van der Waals surface area contributed by atoms with E-state index in [0.29, 0.717) is 17.0 Å². The Kier molecular flexibility index (Phi) is 4.70. The number of urea groups is 1. The monoisotopic (exact) mass is 357 g/mol. The number of nitrogens with zero attached hydrogens (tertiary/aromatic N) is 1. The van der Waals surface area contributed by atoms with Crippen molar-refractivity contribution in [2.75, 3.05) is 0 Å². The molecule has 0 spiro atoms. The first-order chi connectivity index (χ1) is 12.5. The van der Waals surface area contributed by atoms with Crippen molar-refractivity contribution >= 4 is 17.7 Å². The molecule has 0 aliphatic carbocycles. The first-order valence-electron chi connectivity index (χ1n) is 7.68. The van der Waals surface area contributed by atoms with E-state index in [0.717, 1.165) is 0 Å². The Balaban J connectivity index is 1.90. The average Bonchev–Trinajstić information content (AvgIpc) is 3.12. The molecule has 2 heterocycles. The van der Waals surface area contributed by atoms with Crippen molar-refractivity contribution in [3.8, 4) is 0 Å². The molecule has 0 bridgehead atoms. The molecule has 1 aromatic heterocycles. The zero-order valence-electron chi connectivity index (χ0n) is 13.7. The van der Waals surface area contributed by atoms with Crippen LogP contribution in [0.4, 0.5) is 10.5 Å². The summed E-state index contributed by atoms with van der Waals surface area (Å²) < 4.78 is 10.4. The van der Waals surface area contributed by atoms with Gasteiger partial charge in [-0.1, -0.05) is 12.1 Å². The van der Waals surface area contributed by atoms with Crippen molar-refractivity contribution < 1.29 is 23.7 Å². The van der Waals surface area contributed by atoms with Gasteiger partial charge in [-0.05, 0) is 24.6 Å². The lowest BCUT2D eigenvalue weighted by Gasteiger charge is -2.28. The molecule has 1 atom stereocenters. The molecule has 9 heteroatoms. The Morgan fingerprint density at radius 1 is 1.35 bits per heavy atom. The lowest BCUT2D eigenvalue weighted by Crippen LogP contribution is -2.45. The van der Waals surface area contributed by atoms with Gasteiger partial charge in [0.15, 0.2) is 0 Å². The van der Waals surface area contributed by atoms with Crippen molar-refractivity contribution in [3.05, 3.63) is 75.4 Å². The number of ether oxygens (including phenoxy) is 1. The number of carbonyl (C=O) groups excluding carboxylic acids is 2. The van der Waals surface area contributed by atoms with Gasteiger partial charge in [0.05, 0.1) is 22.8 Å². The standard InChI is InChI=1S/C17H15N3O6/c1-10-14(16(21)26-9-13-6-3-7-25-13)15(19-17(22)18-10)11-4-2-5-12(8-11)20(23)24/h2-8,15H,9H2,1H3,(H2,18,19,22)/t15-/m1/s1. The molecule has 0 saturated carbocycles. The number of esters is 1. The zero-order valence-corrected chi connectivity index (χ0v) is 13.7. The largest absolute Gasteiger partial charge is 0.466 e. The van der Waals surface area contributed by atoms with Gasteiger partial charge < -0.3 is 19.8 Å². The van der Waals surface area contributed by atoms with E-state index in [2.05, 4.69) is 10.6 Å². The molecule has 1 aliphatic heterocycles. The molecule has 0 saturated heterocycles. The number of carbonyl (C=O) groups is 2. The second-order valence-corrected chi connectivity index (χ2v) is 5.58. The van der Waals surface area contributed by atoms with Crippen LogP contribution in [0.15, 0.2) is 58.3 Å². The third-order valence-electron chi connectivity index (χ3n) is 3.83. The van der Waals surface area contributed by atoms with Gasteiger partial charge in [0, 0.05) is 17.8 Å². The van der Waals surface area contributed by atoms with E-state index in [9.17, 15) is 19.7 Å². The minimum atomic E-state index is -0.868. The van der Waals surface area contributed by atoms with E-state index in [-0.39, 0.29) is 17.9 Å².